The van der Waals surface area contributed by atoms with Crippen LogP contribution in [0.5, 0.6) is 5.75 Å². The Balaban J connectivity index is 1.36. The Morgan fingerprint density at radius 3 is 2.87 bits per heavy atom. The first kappa shape index (κ1) is 22.0. The number of aliphatic hydroxyl groups is 3. The van der Waals surface area contributed by atoms with Gasteiger partial charge in [0.15, 0.2) is 5.17 Å². The molecule has 31 heavy (non-hydrogen) atoms. The van der Waals surface area contributed by atoms with Crippen molar-refractivity contribution in [3.8, 4) is 5.75 Å². The molecule has 0 amide bonds. The number of aromatic nitrogens is 3. The van der Waals surface area contributed by atoms with Crippen LogP contribution in [0.4, 0.5) is 0 Å². The zero-order chi connectivity index (χ0) is 22.0. The Labute approximate surface area is 184 Å². The number of rotatable bonds is 7. The summed E-state index contributed by atoms with van der Waals surface area (Å²) in [5.41, 5.74) is 0.934. The maximum Gasteiger partial charge on any atom is 0.159 e. The third-order valence-corrected chi connectivity index (χ3v) is 6.28. The molecule has 0 spiro atoms. The summed E-state index contributed by atoms with van der Waals surface area (Å²) in [6.07, 6.45) is -1.69. The first-order valence-electron chi connectivity index (χ1n) is 10.2. The van der Waals surface area contributed by atoms with E-state index in [9.17, 15) is 15.3 Å². The molecule has 0 radical (unpaired) electrons. The molecule has 0 aliphatic carbocycles. The number of hydrogen-bond acceptors (Lipinski definition) is 10. The average Bonchev–Trinajstić information content (AvgIpc) is 3.37. The van der Waals surface area contributed by atoms with E-state index in [0.717, 1.165) is 6.54 Å². The lowest BCUT2D eigenvalue weighted by Crippen LogP contribution is -2.55. The molecule has 2 aliphatic heterocycles. The molecule has 1 unspecified atom stereocenters. The van der Waals surface area contributed by atoms with Gasteiger partial charge in [-0.2, -0.15) is 0 Å². The molecule has 2 aromatic rings. The summed E-state index contributed by atoms with van der Waals surface area (Å²) in [5, 5.41) is 42.9. The maximum absolute atomic E-state index is 10.5. The predicted octanol–water partition coefficient (Wildman–Crippen LogP) is 0.438. The van der Waals surface area contributed by atoms with Crippen molar-refractivity contribution in [2.75, 3.05) is 6.54 Å². The molecule has 0 saturated carbocycles. The van der Waals surface area contributed by atoms with E-state index in [-0.39, 0.29) is 18.6 Å². The number of amidine groups is 1. The van der Waals surface area contributed by atoms with Crippen LogP contribution in [0.15, 0.2) is 35.5 Å². The Kier molecular flexibility index (Phi) is 6.77. The summed E-state index contributed by atoms with van der Waals surface area (Å²) in [4.78, 5) is 4.41. The van der Waals surface area contributed by atoms with Gasteiger partial charge in [-0.15, -0.1) is 5.10 Å². The van der Waals surface area contributed by atoms with E-state index in [4.69, 9.17) is 9.47 Å². The molecule has 3 heterocycles. The smallest absolute Gasteiger partial charge is 0.159 e. The van der Waals surface area contributed by atoms with Crippen molar-refractivity contribution in [1.82, 2.24) is 20.3 Å². The zero-order valence-corrected chi connectivity index (χ0v) is 18.1. The Hall–Kier alpha value is -2.18. The van der Waals surface area contributed by atoms with Gasteiger partial charge in [0.05, 0.1) is 18.8 Å². The molecule has 4 N–H and O–H groups in total. The topological polar surface area (TPSA) is 134 Å². The van der Waals surface area contributed by atoms with E-state index in [1.807, 2.05) is 25.1 Å². The second kappa shape index (κ2) is 9.53. The Morgan fingerprint density at radius 1 is 1.29 bits per heavy atom. The number of nitrogens with one attached hydrogen (secondary N) is 1. The number of para-hydroxylation sites is 1. The molecule has 1 aromatic carbocycles. The summed E-state index contributed by atoms with van der Waals surface area (Å²) in [7, 11) is 0. The second-order valence-electron chi connectivity index (χ2n) is 7.53. The van der Waals surface area contributed by atoms with Crippen molar-refractivity contribution in [3.63, 3.8) is 0 Å². The van der Waals surface area contributed by atoms with Crippen LogP contribution in [0.3, 0.4) is 0 Å². The van der Waals surface area contributed by atoms with Crippen LogP contribution in [0.2, 0.25) is 0 Å². The van der Waals surface area contributed by atoms with Crippen LogP contribution in [0, 0.1) is 0 Å². The quantitative estimate of drug-likeness (QED) is 0.475. The van der Waals surface area contributed by atoms with Gasteiger partial charge in [-0.3, -0.25) is 4.99 Å². The molecule has 0 bridgehead atoms. The fourth-order valence-electron chi connectivity index (χ4n) is 3.60. The van der Waals surface area contributed by atoms with Crippen molar-refractivity contribution in [1.29, 1.82) is 0 Å². The van der Waals surface area contributed by atoms with Crippen molar-refractivity contribution in [3.05, 3.63) is 41.7 Å². The van der Waals surface area contributed by atoms with Gasteiger partial charge in [0, 0.05) is 12.1 Å². The SMILES string of the molecule is CCNC1=N[C@@H]2[C@@H](O)[C@H](O)[C@@H](Cn3cc(COc4ccccc4C(C)O)nn3)O[C@@H]2S1. The molecule has 1 aromatic heterocycles. The summed E-state index contributed by atoms with van der Waals surface area (Å²) in [6, 6.07) is 6.78. The van der Waals surface area contributed by atoms with Gasteiger partial charge in [0.2, 0.25) is 0 Å². The average molecular weight is 450 g/mol. The summed E-state index contributed by atoms with van der Waals surface area (Å²) < 4.78 is 13.4. The van der Waals surface area contributed by atoms with Crippen LogP contribution in [-0.4, -0.2) is 71.8 Å². The number of thioether (sulfide) groups is 1. The molecule has 168 valence electrons. The molecule has 1 fully saturated rings. The van der Waals surface area contributed by atoms with E-state index in [2.05, 4.69) is 20.6 Å². The van der Waals surface area contributed by atoms with Gasteiger partial charge in [0.1, 0.15) is 47.8 Å². The minimum absolute atomic E-state index is 0.181. The number of aliphatic imine (C=N–C) groups is 1. The van der Waals surface area contributed by atoms with E-state index in [0.29, 0.717) is 22.2 Å². The van der Waals surface area contributed by atoms with E-state index in [1.165, 1.54) is 11.8 Å². The number of fused-ring (bicyclic) bond motifs is 1. The van der Waals surface area contributed by atoms with Crippen LogP contribution in [0.25, 0.3) is 0 Å². The normalized spacial score (nSPS) is 28.7. The number of nitrogens with zero attached hydrogens (tertiary/aromatic N) is 4. The summed E-state index contributed by atoms with van der Waals surface area (Å²) in [6.45, 7) is 4.78. The molecule has 6 atom stereocenters. The van der Waals surface area contributed by atoms with Crippen molar-refractivity contribution < 1.29 is 24.8 Å². The van der Waals surface area contributed by atoms with Gasteiger partial charge in [0.25, 0.3) is 0 Å². The molecule has 4 rings (SSSR count). The van der Waals surface area contributed by atoms with E-state index >= 15 is 0 Å². The molecular weight excluding hydrogens is 422 g/mol. The zero-order valence-electron chi connectivity index (χ0n) is 17.3. The fraction of sp³-hybridized carbons (Fsp3) is 0.550. The third-order valence-electron chi connectivity index (χ3n) is 5.19. The highest BCUT2D eigenvalue weighted by Crippen LogP contribution is 2.36. The van der Waals surface area contributed by atoms with Crippen molar-refractivity contribution >= 4 is 16.9 Å². The molecule has 1 saturated heterocycles. The highest BCUT2D eigenvalue weighted by Gasteiger charge is 2.48. The van der Waals surface area contributed by atoms with Gasteiger partial charge < -0.3 is 30.1 Å². The Morgan fingerprint density at radius 2 is 2.10 bits per heavy atom. The number of benzene rings is 1. The van der Waals surface area contributed by atoms with Crippen LogP contribution < -0.4 is 10.1 Å². The fourth-order valence-corrected chi connectivity index (χ4v) is 4.79. The Bertz CT molecular complexity index is 923. The molecular formula is C20H27N5O5S. The molecule has 2 aliphatic rings. The van der Waals surface area contributed by atoms with Gasteiger partial charge in [-0.1, -0.05) is 35.2 Å². The van der Waals surface area contributed by atoms with Crippen molar-refractivity contribution in [2.24, 2.45) is 4.99 Å². The first-order chi connectivity index (χ1) is 15.0. The third kappa shape index (κ3) is 4.85. The molecule has 11 heteroatoms. The second-order valence-corrected chi connectivity index (χ2v) is 8.62. The summed E-state index contributed by atoms with van der Waals surface area (Å²) in [5.74, 6) is 0.585. The van der Waals surface area contributed by atoms with Crippen molar-refractivity contribution in [2.45, 2.75) is 62.9 Å². The highest BCUT2D eigenvalue weighted by molar-refractivity contribution is 8.14. The standard InChI is InChI=1S/C20H27N5O5S/c1-3-21-20-22-16-18(28)17(27)15(30-19(16)31-20)9-25-8-12(23-24-25)10-29-14-7-5-4-6-13(14)11(2)26/h4-8,11,15-19,26-28H,3,9-10H2,1-2H3,(H,21,22)/t11?,15-,16-,17-,18-,19-/m1/s1. The van der Waals surface area contributed by atoms with Gasteiger partial charge in [-0.05, 0) is 19.9 Å². The van der Waals surface area contributed by atoms with Crippen LogP contribution >= 0.6 is 11.8 Å². The lowest BCUT2D eigenvalue weighted by molar-refractivity contribution is -0.157. The predicted molar refractivity (Wildman–Crippen MR) is 115 cm³/mol. The highest BCUT2D eigenvalue weighted by atomic mass is 32.2. The van der Waals surface area contributed by atoms with E-state index < -0.39 is 30.5 Å². The first-order valence-corrected chi connectivity index (χ1v) is 11.1. The number of hydrogen-bond donors (Lipinski definition) is 4. The molecule has 10 nitrogen and oxygen atoms in total. The maximum atomic E-state index is 10.5. The lowest BCUT2D eigenvalue weighted by atomic mass is 9.98. The van der Waals surface area contributed by atoms with Crippen LogP contribution in [-0.2, 0) is 17.9 Å². The summed E-state index contributed by atoms with van der Waals surface area (Å²) >= 11 is 1.41. The minimum Gasteiger partial charge on any atom is -0.487 e. The van der Waals surface area contributed by atoms with Crippen LogP contribution in [0.1, 0.15) is 31.2 Å². The largest absolute Gasteiger partial charge is 0.487 e. The van der Waals surface area contributed by atoms with E-state index in [1.54, 1.807) is 23.9 Å². The number of ether oxygens (including phenoxy) is 2. The monoisotopic (exact) mass is 449 g/mol. The van der Waals surface area contributed by atoms with Gasteiger partial charge in [-0.25, -0.2) is 4.68 Å². The minimum atomic E-state index is -1.09. The number of aliphatic hydroxyl groups excluding tert-OH is 3. The van der Waals surface area contributed by atoms with Gasteiger partial charge >= 0.3 is 0 Å². The lowest BCUT2D eigenvalue weighted by Gasteiger charge is -2.38.